The summed E-state index contributed by atoms with van der Waals surface area (Å²) in [7, 11) is 1.09. The van der Waals surface area contributed by atoms with Crippen LogP contribution in [0.15, 0.2) is 6.07 Å². The maximum atomic E-state index is 12.2. The van der Waals surface area contributed by atoms with Gasteiger partial charge < -0.3 is 0 Å². The van der Waals surface area contributed by atoms with Crippen molar-refractivity contribution in [3.05, 3.63) is 17.5 Å². The van der Waals surface area contributed by atoms with Crippen LogP contribution in [0.1, 0.15) is 16.2 Å². The monoisotopic (exact) mass is 208 g/mol. The molecule has 0 bridgehead atoms. The lowest BCUT2D eigenvalue weighted by Crippen LogP contribution is -2.30. The lowest BCUT2D eigenvalue weighted by Gasteiger charge is -2.04. The number of aromatic nitrogens is 2. The number of carbonyl (C=O) groups is 1. The second-order valence-electron chi connectivity index (χ2n) is 2.51. The molecule has 0 aliphatic carbocycles. The Hall–Kier alpha value is -1.57. The fraction of sp³-hybridized carbons (Fsp3) is 0.333. The molecule has 1 aromatic heterocycles. The van der Waals surface area contributed by atoms with Crippen LogP contribution in [0.5, 0.6) is 0 Å². The molecule has 0 unspecified atom stereocenters. The van der Waals surface area contributed by atoms with Crippen LogP contribution in [-0.2, 0) is 13.2 Å². The summed E-state index contributed by atoms with van der Waals surface area (Å²) in [5, 5.41) is 3.35. The first-order chi connectivity index (χ1) is 6.36. The van der Waals surface area contributed by atoms with Crippen LogP contribution in [0.4, 0.5) is 13.2 Å². The minimum atomic E-state index is -4.53. The number of hydrogen-bond donors (Lipinski definition) is 2. The summed E-state index contributed by atoms with van der Waals surface area (Å²) >= 11 is 0. The lowest BCUT2D eigenvalue weighted by molar-refractivity contribution is -0.143. The van der Waals surface area contributed by atoms with Crippen LogP contribution >= 0.6 is 0 Å². The maximum Gasteiger partial charge on any atom is 0.433 e. The van der Waals surface area contributed by atoms with Gasteiger partial charge in [0.1, 0.15) is 5.69 Å². The predicted octanol–water partition coefficient (Wildman–Crippen LogP) is 0.0424. The number of nitrogens with two attached hydrogens (primary N) is 1. The summed E-state index contributed by atoms with van der Waals surface area (Å²) in [4.78, 5) is 10.8. The molecule has 1 amide bonds. The number of rotatable bonds is 1. The van der Waals surface area contributed by atoms with Gasteiger partial charge in [-0.25, -0.2) is 5.84 Å². The first-order valence-electron chi connectivity index (χ1n) is 3.48. The number of amides is 1. The third-order valence-corrected chi connectivity index (χ3v) is 1.53. The highest BCUT2D eigenvalue weighted by Gasteiger charge is 2.35. The third-order valence-electron chi connectivity index (χ3n) is 1.53. The van der Waals surface area contributed by atoms with Gasteiger partial charge in [-0.15, -0.1) is 0 Å². The van der Waals surface area contributed by atoms with Gasteiger partial charge in [-0.1, -0.05) is 0 Å². The Morgan fingerprint density at radius 3 is 2.57 bits per heavy atom. The summed E-state index contributed by atoms with van der Waals surface area (Å²) in [6.45, 7) is 0. The zero-order chi connectivity index (χ0) is 10.9. The van der Waals surface area contributed by atoms with Crippen molar-refractivity contribution in [2.45, 2.75) is 6.18 Å². The van der Waals surface area contributed by atoms with Gasteiger partial charge in [-0.2, -0.15) is 18.3 Å². The summed E-state index contributed by atoms with van der Waals surface area (Å²) in [5.74, 6) is 3.88. The summed E-state index contributed by atoms with van der Waals surface area (Å²) in [5.41, 5.74) is 0.315. The molecule has 0 atom stereocenters. The van der Waals surface area contributed by atoms with Crippen LogP contribution in [0.2, 0.25) is 0 Å². The largest absolute Gasteiger partial charge is 0.433 e. The average Bonchev–Trinajstić information content (AvgIpc) is 2.45. The van der Waals surface area contributed by atoms with Crippen molar-refractivity contribution >= 4 is 5.91 Å². The van der Waals surface area contributed by atoms with Crippen LogP contribution in [0, 0.1) is 0 Å². The molecule has 3 N–H and O–H groups in total. The molecule has 1 aromatic rings. The number of carbonyl (C=O) groups excluding carboxylic acids is 1. The number of halogens is 3. The van der Waals surface area contributed by atoms with E-state index in [1.165, 1.54) is 0 Å². The molecular weight excluding hydrogens is 201 g/mol. The number of nitrogens with one attached hydrogen (secondary N) is 1. The van der Waals surface area contributed by atoms with E-state index in [-0.39, 0.29) is 5.69 Å². The Balaban J connectivity index is 3.12. The molecule has 1 rings (SSSR count). The van der Waals surface area contributed by atoms with Gasteiger partial charge in [0.15, 0.2) is 5.69 Å². The first-order valence-corrected chi connectivity index (χ1v) is 3.48. The number of nitrogens with zero attached hydrogens (tertiary/aromatic N) is 2. The standard InChI is InChI=1S/C6H7F3N4O/c1-13-4(6(7,8)9)2-3(12-13)5(14)11-10/h2H,10H2,1H3,(H,11,14). The van der Waals surface area contributed by atoms with E-state index in [0.717, 1.165) is 7.05 Å². The molecule has 5 nitrogen and oxygen atoms in total. The van der Waals surface area contributed by atoms with Crippen molar-refractivity contribution in [1.82, 2.24) is 15.2 Å². The van der Waals surface area contributed by atoms with Gasteiger partial charge in [0.05, 0.1) is 0 Å². The number of nitrogen functional groups attached to an aromatic ring is 1. The van der Waals surface area contributed by atoms with Gasteiger partial charge in [0.2, 0.25) is 0 Å². The van der Waals surface area contributed by atoms with Crippen molar-refractivity contribution in [2.75, 3.05) is 0 Å². The van der Waals surface area contributed by atoms with Crippen LogP contribution in [-0.4, -0.2) is 15.7 Å². The Morgan fingerprint density at radius 2 is 2.21 bits per heavy atom. The summed E-state index contributed by atoms with van der Waals surface area (Å²) < 4.78 is 37.2. The van der Waals surface area contributed by atoms with Crippen molar-refractivity contribution in [1.29, 1.82) is 0 Å². The number of aryl methyl sites for hydroxylation is 1. The maximum absolute atomic E-state index is 12.2. The molecule has 1 heterocycles. The van der Waals surface area contributed by atoms with Gasteiger partial charge in [0.25, 0.3) is 5.91 Å². The first kappa shape index (κ1) is 10.5. The van der Waals surface area contributed by atoms with E-state index in [9.17, 15) is 18.0 Å². The second-order valence-corrected chi connectivity index (χ2v) is 2.51. The highest BCUT2D eigenvalue weighted by molar-refractivity contribution is 5.91. The molecule has 0 saturated carbocycles. The normalized spacial score (nSPS) is 11.5. The van der Waals surface area contributed by atoms with Crippen molar-refractivity contribution in [3.63, 3.8) is 0 Å². The highest BCUT2D eigenvalue weighted by atomic mass is 19.4. The van der Waals surface area contributed by atoms with Crippen LogP contribution < -0.4 is 11.3 Å². The van der Waals surface area contributed by atoms with Gasteiger partial charge in [-0.05, 0) is 0 Å². The zero-order valence-electron chi connectivity index (χ0n) is 7.09. The Morgan fingerprint density at radius 1 is 1.64 bits per heavy atom. The topological polar surface area (TPSA) is 72.9 Å². The van der Waals surface area contributed by atoms with E-state index in [1.807, 2.05) is 0 Å². The molecular formula is C6H7F3N4O. The molecule has 0 aliphatic rings. The summed E-state index contributed by atoms with van der Waals surface area (Å²) in [6, 6.07) is 0.627. The lowest BCUT2D eigenvalue weighted by atomic mass is 10.3. The fourth-order valence-electron chi connectivity index (χ4n) is 0.917. The average molecular weight is 208 g/mol. The summed E-state index contributed by atoms with van der Waals surface area (Å²) in [6.07, 6.45) is -4.53. The molecule has 0 radical (unpaired) electrons. The quantitative estimate of drug-likeness (QED) is 0.389. The zero-order valence-corrected chi connectivity index (χ0v) is 7.09. The number of hydrogen-bond acceptors (Lipinski definition) is 3. The molecule has 0 spiro atoms. The van der Waals surface area contributed by atoms with E-state index < -0.39 is 17.8 Å². The van der Waals surface area contributed by atoms with Crippen LogP contribution in [0.3, 0.4) is 0 Å². The smallest absolute Gasteiger partial charge is 0.289 e. The second kappa shape index (κ2) is 3.29. The van der Waals surface area contributed by atoms with E-state index in [1.54, 1.807) is 5.43 Å². The van der Waals surface area contributed by atoms with Crippen LogP contribution in [0.25, 0.3) is 0 Å². The van der Waals surface area contributed by atoms with Crippen molar-refractivity contribution in [3.8, 4) is 0 Å². The SMILES string of the molecule is Cn1nc(C(=O)NN)cc1C(F)(F)F. The number of hydrazine groups is 1. The number of alkyl halides is 3. The molecule has 0 saturated heterocycles. The molecule has 0 fully saturated rings. The van der Waals surface area contributed by atoms with E-state index >= 15 is 0 Å². The predicted molar refractivity (Wildman–Crippen MR) is 39.9 cm³/mol. The fourth-order valence-corrected chi connectivity index (χ4v) is 0.917. The van der Waals surface area contributed by atoms with E-state index in [2.05, 4.69) is 5.10 Å². The van der Waals surface area contributed by atoms with Gasteiger partial charge >= 0.3 is 6.18 Å². The Bertz CT molecular complexity index is 356. The van der Waals surface area contributed by atoms with E-state index in [4.69, 9.17) is 5.84 Å². The molecule has 14 heavy (non-hydrogen) atoms. The minimum absolute atomic E-state index is 0.373. The molecule has 78 valence electrons. The Labute approximate surface area is 76.7 Å². The van der Waals surface area contributed by atoms with Gasteiger partial charge in [0, 0.05) is 13.1 Å². The molecule has 0 aliphatic heterocycles. The third kappa shape index (κ3) is 1.84. The van der Waals surface area contributed by atoms with Crippen molar-refractivity contribution < 1.29 is 18.0 Å². The van der Waals surface area contributed by atoms with E-state index in [0.29, 0.717) is 10.7 Å². The van der Waals surface area contributed by atoms with Crippen molar-refractivity contribution in [2.24, 2.45) is 12.9 Å². The minimum Gasteiger partial charge on any atom is -0.289 e. The van der Waals surface area contributed by atoms with Gasteiger partial charge in [-0.3, -0.25) is 14.9 Å². The molecule has 8 heteroatoms. The highest BCUT2D eigenvalue weighted by Crippen LogP contribution is 2.29. The molecule has 0 aromatic carbocycles. The Kier molecular flexibility index (Phi) is 2.47.